The van der Waals surface area contributed by atoms with Crippen LogP contribution in [0.25, 0.3) is 0 Å². The molecule has 2 aromatic heterocycles. The Kier molecular flexibility index (Phi) is 19.5. The van der Waals surface area contributed by atoms with E-state index in [-0.39, 0.29) is 57.6 Å². The van der Waals surface area contributed by atoms with Crippen LogP contribution in [0.4, 0.5) is 30.4 Å². The smallest absolute Gasteiger partial charge is 0.269 e. The van der Waals surface area contributed by atoms with Gasteiger partial charge in [0.1, 0.15) is 44.4 Å². The standard InChI is InChI=1S/2C26H30ClFN4O4S2/c2*1-31(2)23-8-6-5-7-21(23)30-22-15-20(28)25(14-19(22)27)38(33,34)32(26-29-11-12-37-26)16-17-9-10-18(35-3)13-24(17)36-4/h2*5-6,9-15,21,23,30H,7-8,16H2,1-4H3/t2*21-,23-/m10/s1. The van der Waals surface area contributed by atoms with Crippen LogP contribution in [0.2, 0.25) is 10.0 Å². The fraction of sp³-hybridized carbons (Fsp3) is 0.346. The zero-order valence-corrected chi connectivity index (χ0v) is 47.8. The third-order valence-electron chi connectivity index (χ3n) is 12.9. The van der Waals surface area contributed by atoms with Crippen molar-refractivity contribution in [3.05, 3.63) is 141 Å². The summed E-state index contributed by atoms with van der Waals surface area (Å²) in [6.45, 7) is -0.280. The van der Waals surface area contributed by atoms with E-state index >= 15 is 8.78 Å². The Bertz CT molecular complexity index is 3010. The first-order valence-electron chi connectivity index (χ1n) is 23.7. The molecule has 2 aliphatic rings. The van der Waals surface area contributed by atoms with Crippen molar-refractivity contribution >= 4 is 87.6 Å². The van der Waals surface area contributed by atoms with Crippen LogP contribution in [0, 0.1) is 11.6 Å². The summed E-state index contributed by atoms with van der Waals surface area (Å²) in [5, 5.41) is 10.5. The molecule has 0 aliphatic heterocycles. The van der Waals surface area contributed by atoms with Gasteiger partial charge in [-0.25, -0.2) is 44.2 Å². The quantitative estimate of drug-likeness (QED) is 0.0693. The largest absolute Gasteiger partial charge is 0.497 e. The fourth-order valence-corrected chi connectivity index (χ4v) is 14.1. The van der Waals surface area contributed by atoms with Gasteiger partial charge in [0.15, 0.2) is 10.3 Å². The Morgan fingerprint density at radius 3 is 1.29 bits per heavy atom. The van der Waals surface area contributed by atoms with Crippen molar-refractivity contribution in [1.82, 2.24) is 19.8 Å². The third-order valence-corrected chi connectivity index (χ3v) is 18.8. The minimum absolute atomic E-state index is 0.0105. The van der Waals surface area contributed by atoms with Crippen molar-refractivity contribution in [2.75, 3.05) is 75.9 Å². The number of likely N-dealkylation sites (N-methyl/N-ethyl adjacent to an activating group) is 2. The summed E-state index contributed by atoms with van der Waals surface area (Å²) in [6.07, 6.45) is 14.5. The molecule has 2 N–H and O–H groups in total. The maximum absolute atomic E-state index is 15.5. The molecule has 8 rings (SSSR count). The van der Waals surface area contributed by atoms with Gasteiger partial charge >= 0.3 is 0 Å². The minimum atomic E-state index is -4.40. The second-order valence-electron chi connectivity index (χ2n) is 18.0. The van der Waals surface area contributed by atoms with Gasteiger partial charge in [0.2, 0.25) is 0 Å². The van der Waals surface area contributed by atoms with Crippen molar-refractivity contribution < 1.29 is 44.6 Å². The lowest BCUT2D eigenvalue weighted by Gasteiger charge is -2.35. The number of sulfonamides is 2. The van der Waals surface area contributed by atoms with Crippen molar-refractivity contribution in [1.29, 1.82) is 0 Å². The highest BCUT2D eigenvalue weighted by Gasteiger charge is 2.35. The predicted octanol–water partition coefficient (Wildman–Crippen LogP) is 10.8. The van der Waals surface area contributed by atoms with Crippen LogP contribution >= 0.6 is 45.9 Å². The molecule has 0 amide bonds. The number of methoxy groups -OCH3 is 4. The van der Waals surface area contributed by atoms with Crippen LogP contribution in [-0.4, -0.2) is 117 Å². The highest BCUT2D eigenvalue weighted by molar-refractivity contribution is 7.93. The summed E-state index contributed by atoms with van der Waals surface area (Å²) < 4.78 is 110. The number of nitrogens with one attached hydrogen (secondary N) is 2. The summed E-state index contributed by atoms with van der Waals surface area (Å²) in [4.78, 5) is 11.5. The van der Waals surface area contributed by atoms with Gasteiger partial charge in [0.25, 0.3) is 20.0 Å². The van der Waals surface area contributed by atoms with Gasteiger partial charge in [0, 0.05) is 70.6 Å². The Labute approximate surface area is 461 Å². The maximum Gasteiger partial charge on any atom is 0.269 e. The van der Waals surface area contributed by atoms with E-state index in [9.17, 15) is 16.8 Å². The van der Waals surface area contributed by atoms with E-state index in [0.717, 1.165) is 81.2 Å². The molecule has 0 spiro atoms. The monoisotopic (exact) mass is 1160 g/mol. The second kappa shape index (κ2) is 25.6. The van der Waals surface area contributed by atoms with E-state index in [4.69, 9.17) is 42.1 Å². The topological polar surface area (TPSA) is 168 Å². The van der Waals surface area contributed by atoms with Gasteiger partial charge in [-0.15, -0.1) is 22.7 Å². The van der Waals surface area contributed by atoms with Crippen molar-refractivity contribution in [2.45, 2.75) is 72.7 Å². The molecular weight excluding hydrogens is 1100 g/mol. The molecule has 0 saturated heterocycles. The lowest BCUT2D eigenvalue weighted by Crippen LogP contribution is -2.44. The number of benzene rings is 4. The first-order chi connectivity index (χ1) is 36.3. The summed E-state index contributed by atoms with van der Waals surface area (Å²) >= 11 is 15.3. The molecule has 0 fully saturated rings. The minimum Gasteiger partial charge on any atom is -0.497 e. The van der Waals surface area contributed by atoms with Crippen LogP contribution in [0.5, 0.6) is 23.0 Å². The molecule has 2 aliphatic carbocycles. The number of hydrogen-bond donors (Lipinski definition) is 2. The number of ether oxygens (including phenoxy) is 4. The van der Waals surface area contributed by atoms with E-state index in [0.29, 0.717) is 45.5 Å². The van der Waals surface area contributed by atoms with E-state index in [1.807, 2.05) is 28.2 Å². The average Bonchev–Trinajstić information content (AvgIpc) is 4.16. The zero-order valence-electron chi connectivity index (χ0n) is 43.0. The molecule has 4 atom stereocenters. The van der Waals surface area contributed by atoms with Crippen LogP contribution in [0.3, 0.4) is 0 Å². The second-order valence-corrected chi connectivity index (χ2v) is 24.2. The van der Waals surface area contributed by atoms with E-state index in [1.54, 1.807) is 47.2 Å². The molecule has 0 radical (unpaired) electrons. The molecule has 2 heterocycles. The third kappa shape index (κ3) is 13.3. The lowest BCUT2D eigenvalue weighted by atomic mass is 9.95. The number of thiazole rings is 2. The van der Waals surface area contributed by atoms with Crippen LogP contribution < -0.4 is 38.2 Å². The van der Waals surface area contributed by atoms with Gasteiger partial charge in [-0.1, -0.05) is 47.5 Å². The van der Waals surface area contributed by atoms with Gasteiger partial charge in [-0.3, -0.25) is 0 Å². The summed E-state index contributed by atoms with van der Waals surface area (Å²) in [7, 11) is 5.16. The highest BCUT2D eigenvalue weighted by atomic mass is 35.5. The normalized spacial score (nSPS) is 17.4. The summed E-state index contributed by atoms with van der Waals surface area (Å²) in [5.41, 5.74) is 1.79. The zero-order chi connectivity index (χ0) is 54.9. The molecule has 0 unspecified atom stereocenters. The molecule has 76 heavy (non-hydrogen) atoms. The van der Waals surface area contributed by atoms with Crippen molar-refractivity contribution in [3.8, 4) is 23.0 Å². The van der Waals surface area contributed by atoms with E-state index in [1.165, 1.54) is 40.8 Å². The molecule has 24 heteroatoms. The first-order valence-corrected chi connectivity index (χ1v) is 29.1. The number of halogens is 4. The number of rotatable bonds is 20. The lowest BCUT2D eigenvalue weighted by molar-refractivity contribution is 0.258. The maximum atomic E-state index is 15.5. The van der Waals surface area contributed by atoms with Crippen molar-refractivity contribution in [2.24, 2.45) is 0 Å². The molecular formula is C52H60Cl2F2N8O8S4. The van der Waals surface area contributed by atoms with Crippen LogP contribution in [0.1, 0.15) is 36.8 Å². The van der Waals surface area contributed by atoms with Crippen LogP contribution in [0.15, 0.2) is 118 Å². The summed E-state index contributed by atoms with van der Waals surface area (Å²) in [6, 6.07) is 15.1. The molecule has 4 aromatic carbocycles. The Morgan fingerprint density at radius 1 is 0.579 bits per heavy atom. The Morgan fingerprint density at radius 2 is 0.961 bits per heavy atom. The van der Waals surface area contributed by atoms with E-state index < -0.39 is 41.5 Å². The number of nitrogens with zero attached hydrogens (tertiary/aromatic N) is 6. The molecule has 408 valence electrons. The molecule has 16 nitrogen and oxygen atoms in total. The SMILES string of the molecule is COc1ccc(CN(c2nccs2)S(=O)(=O)c2cc(Cl)c(N[C@@H]3CC=CC[C@H]3N(C)C)cc2F)c(OC)c1.COc1ccc(CN(c2nccs2)S(=O)(=O)c2cc(Cl)c(N[C@H]3CC=CC[C@@H]3N(C)C)cc2F)c(OC)c1. The van der Waals surface area contributed by atoms with Gasteiger partial charge in [-0.05, 0) is 102 Å². The number of aromatic nitrogens is 2. The number of hydrogen-bond acceptors (Lipinski definition) is 16. The van der Waals surface area contributed by atoms with Gasteiger partial charge < -0.3 is 39.4 Å². The van der Waals surface area contributed by atoms with E-state index in [2.05, 4.69) is 54.7 Å². The highest BCUT2D eigenvalue weighted by Crippen LogP contribution is 2.39. The fourth-order valence-electron chi connectivity index (χ4n) is 8.83. The van der Waals surface area contributed by atoms with Crippen LogP contribution in [-0.2, 0) is 33.1 Å². The predicted molar refractivity (Wildman–Crippen MR) is 299 cm³/mol. The molecule has 6 aromatic rings. The van der Waals surface area contributed by atoms with Crippen molar-refractivity contribution in [3.63, 3.8) is 0 Å². The Balaban J connectivity index is 0.000000221. The number of anilines is 4. The van der Waals surface area contributed by atoms with Gasteiger partial charge in [0.05, 0.1) is 62.9 Å². The molecule has 0 saturated carbocycles. The molecule has 0 bridgehead atoms. The first kappa shape index (κ1) is 58.0. The summed E-state index contributed by atoms with van der Waals surface area (Å²) in [5.74, 6) is 0.147. The van der Waals surface area contributed by atoms with Gasteiger partial charge in [-0.2, -0.15) is 0 Å². The Hall–Kier alpha value is -5.72. The average molecular weight is 1160 g/mol.